The first-order valence-electron chi connectivity index (χ1n) is 6.38. The Morgan fingerprint density at radius 1 is 1.53 bits per heavy atom. The number of nitrogens with two attached hydrogens (primary N) is 1. The van der Waals surface area contributed by atoms with Crippen LogP contribution in [0.25, 0.3) is 0 Å². The number of methoxy groups -OCH3 is 1. The van der Waals surface area contributed by atoms with Crippen LogP contribution in [-0.2, 0) is 4.74 Å². The number of rotatable bonds is 2. The lowest BCUT2D eigenvalue weighted by Crippen LogP contribution is -2.46. The third-order valence-corrected chi connectivity index (χ3v) is 3.46. The van der Waals surface area contributed by atoms with Crippen molar-refractivity contribution in [1.82, 2.24) is 0 Å². The number of ether oxygens (including phenoxy) is 1. The maximum absolute atomic E-state index is 11.4. The van der Waals surface area contributed by atoms with Crippen molar-refractivity contribution in [3.05, 3.63) is 23.8 Å². The number of esters is 1. The molecule has 5 heteroatoms. The Balaban J connectivity index is 2.23. The van der Waals surface area contributed by atoms with Gasteiger partial charge in [0.05, 0.1) is 29.6 Å². The van der Waals surface area contributed by atoms with E-state index in [9.17, 15) is 9.90 Å². The second kappa shape index (κ2) is 5.09. The van der Waals surface area contributed by atoms with Gasteiger partial charge in [-0.2, -0.15) is 0 Å². The number of carbonyl (C=O) groups excluding carboxylic acids is 1. The Kier molecular flexibility index (Phi) is 3.66. The molecule has 1 saturated heterocycles. The maximum atomic E-state index is 11.4. The summed E-state index contributed by atoms with van der Waals surface area (Å²) in [6, 6.07) is 5.12. The molecule has 1 aliphatic heterocycles. The molecule has 104 valence electrons. The molecule has 0 amide bonds. The van der Waals surface area contributed by atoms with Crippen molar-refractivity contribution in [1.29, 1.82) is 0 Å². The summed E-state index contributed by atoms with van der Waals surface area (Å²) < 4.78 is 4.66. The highest BCUT2D eigenvalue weighted by Crippen LogP contribution is 2.30. The summed E-state index contributed by atoms with van der Waals surface area (Å²) in [4.78, 5) is 13.5. The van der Waals surface area contributed by atoms with Gasteiger partial charge in [-0.3, -0.25) is 0 Å². The van der Waals surface area contributed by atoms with E-state index >= 15 is 0 Å². The Morgan fingerprint density at radius 2 is 2.26 bits per heavy atom. The zero-order valence-electron chi connectivity index (χ0n) is 11.3. The summed E-state index contributed by atoms with van der Waals surface area (Å²) in [7, 11) is 1.34. The average Bonchev–Trinajstić information content (AvgIpc) is 2.36. The molecule has 0 saturated carbocycles. The average molecular weight is 264 g/mol. The molecule has 1 aliphatic rings. The van der Waals surface area contributed by atoms with Gasteiger partial charge < -0.3 is 20.5 Å². The number of benzene rings is 1. The minimum atomic E-state index is -0.689. The van der Waals surface area contributed by atoms with E-state index in [1.165, 1.54) is 7.11 Å². The van der Waals surface area contributed by atoms with Crippen LogP contribution in [0.4, 0.5) is 11.4 Å². The Hall–Kier alpha value is -1.75. The summed E-state index contributed by atoms with van der Waals surface area (Å²) in [5.74, 6) is -0.399. The highest BCUT2D eigenvalue weighted by Gasteiger charge is 2.29. The Labute approximate surface area is 113 Å². The maximum Gasteiger partial charge on any atom is 0.337 e. The monoisotopic (exact) mass is 264 g/mol. The molecule has 0 bridgehead atoms. The lowest BCUT2D eigenvalue weighted by molar-refractivity contribution is 0.0449. The second-order valence-corrected chi connectivity index (χ2v) is 5.29. The van der Waals surface area contributed by atoms with E-state index in [-0.39, 0.29) is 0 Å². The molecule has 0 radical (unpaired) electrons. The van der Waals surface area contributed by atoms with Gasteiger partial charge in [-0.05, 0) is 38.0 Å². The van der Waals surface area contributed by atoms with Crippen LogP contribution in [0.5, 0.6) is 0 Å². The number of nitrogens with zero attached hydrogens (tertiary/aromatic N) is 1. The van der Waals surface area contributed by atoms with E-state index in [0.717, 1.165) is 25.1 Å². The first-order chi connectivity index (χ1) is 8.93. The highest BCUT2D eigenvalue weighted by atomic mass is 16.5. The fourth-order valence-electron chi connectivity index (χ4n) is 2.51. The number of aliphatic hydroxyl groups is 1. The van der Waals surface area contributed by atoms with Crippen LogP contribution >= 0.6 is 0 Å². The molecule has 3 N–H and O–H groups in total. The van der Waals surface area contributed by atoms with Gasteiger partial charge >= 0.3 is 5.97 Å². The number of β-amino-alcohol motifs (C(OH)–C–C–N with tert-alkyl or cyclic N) is 1. The second-order valence-electron chi connectivity index (χ2n) is 5.29. The van der Waals surface area contributed by atoms with Gasteiger partial charge in [-0.15, -0.1) is 0 Å². The summed E-state index contributed by atoms with van der Waals surface area (Å²) in [5.41, 5.74) is 7.13. The van der Waals surface area contributed by atoms with Crippen molar-refractivity contribution in [2.45, 2.75) is 25.4 Å². The SMILES string of the molecule is COC(=O)c1ccc(N2CCCC(C)(O)C2)c(N)c1. The molecule has 5 nitrogen and oxygen atoms in total. The molecule has 1 atom stereocenters. The number of nitrogen functional groups attached to an aromatic ring is 1. The first-order valence-corrected chi connectivity index (χ1v) is 6.38. The molecule has 1 unspecified atom stereocenters. The van der Waals surface area contributed by atoms with Crippen molar-refractivity contribution in [2.24, 2.45) is 0 Å². The smallest absolute Gasteiger partial charge is 0.337 e. The quantitative estimate of drug-likeness (QED) is 0.624. The zero-order chi connectivity index (χ0) is 14.0. The third kappa shape index (κ3) is 2.98. The highest BCUT2D eigenvalue weighted by molar-refractivity contribution is 5.92. The predicted molar refractivity (Wildman–Crippen MR) is 74.3 cm³/mol. The number of carbonyl (C=O) groups is 1. The van der Waals surface area contributed by atoms with E-state index in [0.29, 0.717) is 17.8 Å². The van der Waals surface area contributed by atoms with E-state index in [4.69, 9.17) is 5.73 Å². The third-order valence-electron chi connectivity index (χ3n) is 3.46. The summed E-state index contributed by atoms with van der Waals surface area (Å²) >= 11 is 0. The number of hydrogen-bond acceptors (Lipinski definition) is 5. The predicted octanol–water partition coefficient (Wildman–Crippen LogP) is 1.41. The van der Waals surface area contributed by atoms with Crippen molar-refractivity contribution in [3.8, 4) is 0 Å². The molecular weight excluding hydrogens is 244 g/mol. The normalized spacial score (nSPS) is 23.2. The van der Waals surface area contributed by atoms with Crippen LogP contribution in [0, 0.1) is 0 Å². The van der Waals surface area contributed by atoms with E-state index < -0.39 is 11.6 Å². The molecule has 1 aromatic rings. The molecule has 1 heterocycles. The summed E-state index contributed by atoms with van der Waals surface area (Å²) in [6.07, 6.45) is 1.72. The Bertz CT molecular complexity index is 486. The van der Waals surface area contributed by atoms with Gasteiger partial charge in [-0.25, -0.2) is 4.79 Å². The molecule has 0 aliphatic carbocycles. The minimum absolute atomic E-state index is 0.399. The summed E-state index contributed by atoms with van der Waals surface area (Å²) in [5, 5.41) is 10.1. The zero-order valence-corrected chi connectivity index (χ0v) is 11.3. The molecular formula is C14H20N2O3. The van der Waals surface area contributed by atoms with E-state index in [1.807, 2.05) is 13.0 Å². The van der Waals surface area contributed by atoms with Crippen molar-refractivity contribution in [3.63, 3.8) is 0 Å². The largest absolute Gasteiger partial charge is 0.465 e. The molecule has 1 fully saturated rings. The molecule has 1 aromatic carbocycles. The van der Waals surface area contributed by atoms with Gasteiger partial charge in [0.2, 0.25) is 0 Å². The standard InChI is InChI=1S/C14H20N2O3/c1-14(18)6-3-7-16(9-14)12-5-4-10(8-11(12)15)13(17)19-2/h4-5,8,18H,3,6-7,9,15H2,1-2H3. The van der Waals surface area contributed by atoms with Crippen molar-refractivity contribution < 1.29 is 14.6 Å². The van der Waals surface area contributed by atoms with Gasteiger partial charge in [-0.1, -0.05) is 0 Å². The van der Waals surface area contributed by atoms with Crippen LogP contribution in [0.3, 0.4) is 0 Å². The number of hydrogen-bond donors (Lipinski definition) is 2. The molecule has 2 rings (SSSR count). The van der Waals surface area contributed by atoms with Crippen LogP contribution in [0.15, 0.2) is 18.2 Å². The fourth-order valence-corrected chi connectivity index (χ4v) is 2.51. The van der Waals surface area contributed by atoms with E-state index in [1.54, 1.807) is 12.1 Å². The lowest BCUT2D eigenvalue weighted by Gasteiger charge is -2.38. The van der Waals surface area contributed by atoms with Gasteiger partial charge in [0.25, 0.3) is 0 Å². The molecule has 19 heavy (non-hydrogen) atoms. The van der Waals surface area contributed by atoms with E-state index in [2.05, 4.69) is 9.64 Å². The molecule has 0 spiro atoms. The van der Waals surface area contributed by atoms with Crippen molar-refractivity contribution >= 4 is 17.3 Å². The van der Waals surface area contributed by atoms with Gasteiger partial charge in [0.15, 0.2) is 0 Å². The lowest BCUT2D eigenvalue weighted by atomic mass is 9.94. The summed E-state index contributed by atoms with van der Waals surface area (Å²) in [6.45, 7) is 3.24. The topological polar surface area (TPSA) is 75.8 Å². The fraction of sp³-hybridized carbons (Fsp3) is 0.500. The number of anilines is 2. The van der Waals surface area contributed by atoms with Crippen LogP contribution in [0.1, 0.15) is 30.1 Å². The van der Waals surface area contributed by atoms with Gasteiger partial charge in [0, 0.05) is 13.1 Å². The van der Waals surface area contributed by atoms with Crippen molar-refractivity contribution in [2.75, 3.05) is 30.8 Å². The molecule has 0 aromatic heterocycles. The Morgan fingerprint density at radius 3 is 2.84 bits per heavy atom. The van der Waals surface area contributed by atoms with Crippen LogP contribution in [0.2, 0.25) is 0 Å². The number of piperidine rings is 1. The first kappa shape index (κ1) is 13.7. The van der Waals surface area contributed by atoms with Crippen LogP contribution < -0.4 is 10.6 Å². The van der Waals surface area contributed by atoms with Gasteiger partial charge in [0.1, 0.15) is 0 Å². The van der Waals surface area contributed by atoms with Crippen LogP contribution in [-0.4, -0.2) is 36.9 Å². The minimum Gasteiger partial charge on any atom is -0.465 e.